The summed E-state index contributed by atoms with van der Waals surface area (Å²) in [7, 11) is 0. The van der Waals surface area contributed by atoms with Crippen LogP contribution in [0.4, 0.5) is 8.78 Å². The zero-order valence-corrected chi connectivity index (χ0v) is 7.70. The highest BCUT2D eigenvalue weighted by atomic mass is 79.9. The van der Waals surface area contributed by atoms with E-state index in [9.17, 15) is 8.78 Å². The quantitative estimate of drug-likeness (QED) is 0.621. The summed E-state index contributed by atoms with van der Waals surface area (Å²) < 4.78 is 24.0. The molecular weight excluding hydrogens is 216 g/mol. The molecule has 0 radical (unpaired) electrons. The van der Waals surface area contributed by atoms with Gasteiger partial charge >= 0.3 is 6.08 Å². The van der Waals surface area contributed by atoms with Crippen molar-refractivity contribution in [3.05, 3.63) is 10.7 Å². The van der Waals surface area contributed by atoms with Crippen LogP contribution in [0.25, 0.3) is 0 Å². The molecule has 1 nitrogen and oxygen atoms in total. The first-order valence-corrected chi connectivity index (χ1v) is 4.47. The molecule has 0 aromatic heterocycles. The average molecular weight is 226 g/mol. The second-order valence-electron chi connectivity index (χ2n) is 2.60. The van der Waals surface area contributed by atoms with E-state index in [-0.39, 0.29) is 4.61 Å². The van der Waals surface area contributed by atoms with E-state index in [0.29, 0.717) is 0 Å². The molecule has 1 heterocycles. The average Bonchev–Trinajstić information content (AvgIpc) is 2.05. The third-order valence-electron chi connectivity index (χ3n) is 1.79. The summed E-state index contributed by atoms with van der Waals surface area (Å²) in [6.45, 7) is 1.50. The summed E-state index contributed by atoms with van der Waals surface area (Å²) in [6.07, 6.45) is 1.57. The lowest BCUT2D eigenvalue weighted by Gasteiger charge is -2.27. The van der Waals surface area contributed by atoms with Gasteiger partial charge in [-0.05, 0) is 35.2 Å². The molecule has 4 heteroatoms. The van der Waals surface area contributed by atoms with Gasteiger partial charge in [-0.25, -0.2) is 0 Å². The molecule has 0 spiro atoms. The molecule has 0 aromatic rings. The Balaban J connectivity index is 2.52. The zero-order chi connectivity index (χ0) is 8.27. The SMILES string of the molecule is FC(F)=C(Br)N1CCCCC1. The van der Waals surface area contributed by atoms with Gasteiger partial charge in [0.2, 0.25) is 0 Å². The Morgan fingerprint density at radius 2 is 1.64 bits per heavy atom. The number of rotatable bonds is 1. The van der Waals surface area contributed by atoms with Gasteiger partial charge in [-0.1, -0.05) is 0 Å². The summed E-state index contributed by atoms with van der Waals surface area (Å²) in [4.78, 5) is 1.68. The van der Waals surface area contributed by atoms with Crippen LogP contribution in [0.2, 0.25) is 0 Å². The van der Waals surface area contributed by atoms with Crippen LogP contribution in [0.5, 0.6) is 0 Å². The lowest BCUT2D eigenvalue weighted by Crippen LogP contribution is -2.27. The number of likely N-dealkylation sites (tertiary alicyclic amines) is 1. The Hall–Kier alpha value is -0.120. The van der Waals surface area contributed by atoms with Gasteiger partial charge < -0.3 is 4.90 Å². The molecule has 1 rings (SSSR count). The molecule has 0 N–H and O–H groups in total. The molecule has 1 fully saturated rings. The fraction of sp³-hybridized carbons (Fsp3) is 0.714. The zero-order valence-electron chi connectivity index (χ0n) is 6.12. The van der Waals surface area contributed by atoms with Gasteiger partial charge in [0.1, 0.15) is 4.61 Å². The van der Waals surface area contributed by atoms with Gasteiger partial charge in [0.25, 0.3) is 0 Å². The smallest absolute Gasteiger partial charge is 0.300 e. The molecule has 1 saturated heterocycles. The first-order chi connectivity index (χ1) is 5.22. The minimum atomic E-state index is -1.62. The van der Waals surface area contributed by atoms with Crippen molar-refractivity contribution >= 4 is 15.9 Å². The largest absolute Gasteiger partial charge is 0.362 e. The van der Waals surface area contributed by atoms with Gasteiger partial charge in [0.05, 0.1) is 0 Å². The first kappa shape index (κ1) is 8.97. The second-order valence-corrected chi connectivity index (χ2v) is 3.35. The van der Waals surface area contributed by atoms with Gasteiger partial charge in [0, 0.05) is 13.1 Å². The van der Waals surface area contributed by atoms with Crippen molar-refractivity contribution in [2.75, 3.05) is 13.1 Å². The molecule has 0 aliphatic carbocycles. The van der Waals surface area contributed by atoms with E-state index in [1.54, 1.807) is 4.90 Å². The maximum Gasteiger partial charge on any atom is 0.300 e. The molecule has 1 aliphatic rings. The number of hydrogen-bond donors (Lipinski definition) is 0. The van der Waals surface area contributed by atoms with Crippen molar-refractivity contribution in [1.82, 2.24) is 4.90 Å². The lowest BCUT2D eigenvalue weighted by atomic mass is 10.1. The fourth-order valence-electron chi connectivity index (χ4n) is 1.21. The molecular formula is C7H10BrF2N. The van der Waals surface area contributed by atoms with Crippen molar-refractivity contribution in [3.8, 4) is 0 Å². The van der Waals surface area contributed by atoms with Crippen LogP contribution in [0.1, 0.15) is 19.3 Å². The Kier molecular flexibility index (Phi) is 3.30. The maximum absolute atomic E-state index is 12.0. The van der Waals surface area contributed by atoms with Crippen molar-refractivity contribution < 1.29 is 8.78 Å². The van der Waals surface area contributed by atoms with E-state index in [0.717, 1.165) is 32.4 Å². The molecule has 0 amide bonds. The standard InChI is InChI=1S/C7H10BrF2N/c8-6(7(9)10)11-4-2-1-3-5-11/h1-5H2. The molecule has 0 bridgehead atoms. The molecule has 0 aromatic carbocycles. The van der Waals surface area contributed by atoms with Crippen molar-refractivity contribution in [3.63, 3.8) is 0 Å². The number of halogens is 3. The van der Waals surface area contributed by atoms with Crippen LogP contribution in [0.3, 0.4) is 0 Å². The van der Waals surface area contributed by atoms with Crippen LogP contribution < -0.4 is 0 Å². The van der Waals surface area contributed by atoms with Crippen molar-refractivity contribution in [2.24, 2.45) is 0 Å². The Morgan fingerprint density at radius 1 is 1.09 bits per heavy atom. The minimum Gasteiger partial charge on any atom is -0.362 e. The normalized spacial score (nSPS) is 18.3. The predicted octanol–water partition coefficient (Wildman–Crippen LogP) is 2.93. The third kappa shape index (κ3) is 2.43. The van der Waals surface area contributed by atoms with E-state index in [1.165, 1.54) is 0 Å². The number of nitrogens with zero attached hydrogens (tertiary/aromatic N) is 1. The van der Waals surface area contributed by atoms with E-state index in [2.05, 4.69) is 15.9 Å². The molecule has 0 unspecified atom stereocenters. The van der Waals surface area contributed by atoms with Crippen LogP contribution in [-0.4, -0.2) is 18.0 Å². The molecule has 0 atom stereocenters. The van der Waals surface area contributed by atoms with Crippen molar-refractivity contribution in [2.45, 2.75) is 19.3 Å². The van der Waals surface area contributed by atoms with E-state index in [1.807, 2.05) is 0 Å². The summed E-state index contributed by atoms with van der Waals surface area (Å²) in [5, 5.41) is 0. The minimum absolute atomic E-state index is 0.0304. The summed E-state index contributed by atoms with van der Waals surface area (Å²) in [5.41, 5.74) is 0. The fourth-order valence-corrected chi connectivity index (χ4v) is 1.56. The summed E-state index contributed by atoms with van der Waals surface area (Å²) in [5.74, 6) is 0. The Bertz CT molecular complexity index is 160. The van der Waals surface area contributed by atoms with Crippen LogP contribution in [-0.2, 0) is 0 Å². The molecule has 64 valence electrons. The van der Waals surface area contributed by atoms with E-state index in [4.69, 9.17) is 0 Å². The number of piperidine rings is 1. The first-order valence-electron chi connectivity index (χ1n) is 3.67. The maximum atomic E-state index is 12.0. The molecule has 11 heavy (non-hydrogen) atoms. The van der Waals surface area contributed by atoms with Crippen molar-refractivity contribution in [1.29, 1.82) is 0 Å². The van der Waals surface area contributed by atoms with Crippen LogP contribution in [0, 0.1) is 0 Å². The van der Waals surface area contributed by atoms with Gasteiger partial charge in [0.15, 0.2) is 0 Å². The highest BCUT2D eigenvalue weighted by molar-refractivity contribution is 9.11. The molecule has 1 aliphatic heterocycles. The monoisotopic (exact) mass is 225 g/mol. The lowest BCUT2D eigenvalue weighted by molar-refractivity contribution is 0.279. The van der Waals surface area contributed by atoms with Crippen LogP contribution >= 0.6 is 15.9 Å². The summed E-state index contributed by atoms with van der Waals surface area (Å²) in [6, 6.07) is 0. The summed E-state index contributed by atoms with van der Waals surface area (Å²) >= 11 is 2.86. The number of hydrogen-bond acceptors (Lipinski definition) is 1. The Labute approximate surface area is 73.2 Å². The van der Waals surface area contributed by atoms with E-state index < -0.39 is 6.08 Å². The topological polar surface area (TPSA) is 3.24 Å². The van der Waals surface area contributed by atoms with E-state index >= 15 is 0 Å². The van der Waals surface area contributed by atoms with Gasteiger partial charge in [-0.3, -0.25) is 0 Å². The highest BCUT2D eigenvalue weighted by Gasteiger charge is 2.14. The second kappa shape index (κ2) is 4.04. The highest BCUT2D eigenvalue weighted by Crippen LogP contribution is 2.23. The van der Waals surface area contributed by atoms with Gasteiger partial charge in [-0.15, -0.1) is 0 Å². The van der Waals surface area contributed by atoms with Gasteiger partial charge in [-0.2, -0.15) is 8.78 Å². The predicted molar refractivity (Wildman–Crippen MR) is 43.6 cm³/mol. The van der Waals surface area contributed by atoms with Crippen LogP contribution in [0.15, 0.2) is 10.7 Å². The molecule has 0 saturated carbocycles. The third-order valence-corrected chi connectivity index (χ3v) is 2.59. The Morgan fingerprint density at radius 3 is 2.09 bits per heavy atom.